The number of benzene rings is 4. The molecule has 1 aliphatic heterocycles. The number of thiocarbonyl (C=S) groups is 1. The molecule has 9 heteroatoms. The van der Waals surface area contributed by atoms with Gasteiger partial charge in [0.25, 0.3) is 11.8 Å². The Bertz CT molecular complexity index is 1540. The summed E-state index contributed by atoms with van der Waals surface area (Å²) in [6, 6.07) is 30.3. The number of nitrogens with one attached hydrogen (secondary N) is 2. The van der Waals surface area contributed by atoms with E-state index in [1.165, 1.54) is 0 Å². The largest absolute Gasteiger partial charge is 0.496 e. The third-order valence-electron chi connectivity index (χ3n) is 6.93. The third kappa shape index (κ3) is 6.85. The summed E-state index contributed by atoms with van der Waals surface area (Å²) in [5.41, 5.74) is 4.93. The van der Waals surface area contributed by atoms with E-state index in [4.69, 9.17) is 28.6 Å². The number of hydrogen-bond acceptors (Lipinski definition) is 5. The molecular formula is C32H29ClN4O3S. The van der Waals surface area contributed by atoms with Crippen molar-refractivity contribution in [1.82, 2.24) is 10.2 Å². The topological polar surface area (TPSA) is 73.9 Å². The number of rotatable bonds is 6. The Balaban J connectivity index is 1.12. The first kappa shape index (κ1) is 28.1. The third-order valence-corrected chi connectivity index (χ3v) is 7.37. The van der Waals surface area contributed by atoms with Gasteiger partial charge in [-0.25, -0.2) is 0 Å². The molecule has 1 saturated heterocycles. The first-order chi connectivity index (χ1) is 19.9. The summed E-state index contributed by atoms with van der Waals surface area (Å²) in [4.78, 5) is 29.8. The van der Waals surface area contributed by atoms with Gasteiger partial charge < -0.3 is 19.9 Å². The van der Waals surface area contributed by atoms with Crippen LogP contribution in [0.5, 0.6) is 5.75 Å². The van der Waals surface area contributed by atoms with Crippen molar-refractivity contribution >= 4 is 52.1 Å². The van der Waals surface area contributed by atoms with Crippen molar-refractivity contribution in [2.45, 2.75) is 0 Å². The molecule has 0 aliphatic carbocycles. The first-order valence-corrected chi connectivity index (χ1v) is 14.0. The summed E-state index contributed by atoms with van der Waals surface area (Å²) in [5.74, 6) is 0.146. The molecule has 1 heterocycles. The first-order valence-electron chi connectivity index (χ1n) is 13.2. The maximum Gasteiger partial charge on any atom is 0.257 e. The van der Waals surface area contributed by atoms with E-state index in [1.54, 1.807) is 37.4 Å². The van der Waals surface area contributed by atoms with E-state index < -0.39 is 0 Å². The van der Waals surface area contributed by atoms with E-state index in [1.807, 2.05) is 71.6 Å². The molecule has 2 amide bonds. The number of halogens is 1. The van der Waals surface area contributed by atoms with E-state index in [2.05, 4.69) is 15.5 Å². The maximum atomic E-state index is 13.1. The summed E-state index contributed by atoms with van der Waals surface area (Å²) < 4.78 is 5.35. The van der Waals surface area contributed by atoms with Crippen LogP contribution in [0, 0.1) is 0 Å². The monoisotopic (exact) mass is 584 g/mol. The Labute approximate surface area is 249 Å². The van der Waals surface area contributed by atoms with E-state index >= 15 is 0 Å². The van der Waals surface area contributed by atoms with Crippen molar-refractivity contribution in [3.63, 3.8) is 0 Å². The van der Waals surface area contributed by atoms with E-state index in [9.17, 15) is 9.59 Å². The number of hydrogen-bond donors (Lipinski definition) is 2. The molecule has 1 fully saturated rings. The predicted octanol–water partition coefficient (Wildman–Crippen LogP) is 6.10. The Morgan fingerprint density at radius 3 is 2.15 bits per heavy atom. The van der Waals surface area contributed by atoms with Crippen LogP contribution in [-0.2, 0) is 0 Å². The van der Waals surface area contributed by atoms with E-state index in [0.717, 1.165) is 22.5 Å². The van der Waals surface area contributed by atoms with Crippen molar-refractivity contribution in [3.8, 4) is 16.9 Å². The molecule has 5 rings (SSSR count). The molecular weight excluding hydrogens is 556 g/mol. The minimum Gasteiger partial charge on any atom is -0.496 e. The Morgan fingerprint density at radius 1 is 0.829 bits per heavy atom. The standard InChI is InChI=1S/C32H29ClN4O3S/c1-40-29-16-11-25(33)21-28(29)31(39)37-19-17-36(18-20-37)27-14-12-26(13-15-27)34-32(41)35-30(38)24-9-7-23(8-10-24)22-5-3-2-4-6-22/h2-16,21H,17-20H2,1H3,(H2,34,35,38,41). The number of anilines is 2. The SMILES string of the molecule is COc1ccc(Cl)cc1C(=O)N1CCN(c2ccc(NC(=S)NC(=O)c3ccc(-c4ccccc4)cc3)cc2)CC1. The quantitative estimate of drug-likeness (QED) is 0.267. The average molecular weight is 585 g/mol. The molecule has 0 aromatic heterocycles. The number of carbonyl (C=O) groups excluding carboxylic acids is 2. The van der Waals surface area contributed by atoms with Crippen LogP contribution in [0.3, 0.4) is 0 Å². The highest BCUT2D eigenvalue weighted by molar-refractivity contribution is 7.80. The zero-order valence-electron chi connectivity index (χ0n) is 22.5. The van der Waals surface area contributed by atoms with Crippen molar-refractivity contribution in [1.29, 1.82) is 0 Å². The molecule has 2 N–H and O–H groups in total. The van der Waals surface area contributed by atoms with Crippen molar-refractivity contribution in [2.24, 2.45) is 0 Å². The van der Waals surface area contributed by atoms with Crippen LogP contribution in [0.25, 0.3) is 11.1 Å². The second kappa shape index (κ2) is 12.8. The minimum atomic E-state index is -0.276. The van der Waals surface area contributed by atoms with Gasteiger partial charge in [-0.3, -0.25) is 14.9 Å². The van der Waals surface area contributed by atoms with Gasteiger partial charge in [-0.2, -0.15) is 0 Å². The summed E-state index contributed by atoms with van der Waals surface area (Å²) in [5, 5.41) is 6.53. The van der Waals surface area contributed by atoms with Crippen LogP contribution in [0.1, 0.15) is 20.7 Å². The molecule has 0 spiro atoms. The van der Waals surface area contributed by atoms with Crippen LogP contribution in [0.2, 0.25) is 5.02 Å². The highest BCUT2D eigenvalue weighted by atomic mass is 35.5. The number of nitrogens with zero attached hydrogens (tertiary/aromatic N) is 2. The maximum absolute atomic E-state index is 13.1. The molecule has 4 aromatic rings. The molecule has 0 radical (unpaired) electrons. The number of piperazine rings is 1. The van der Waals surface area contributed by atoms with Gasteiger partial charge in [0.05, 0.1) is 12.7 Å². The zero-order valence-corrected chi connectivity index (χ0v) is 24.0. The van der Waals surface area contributed by atoms with Gasteiger partial charge in [-0.1, -0.05) is 54.1 Å². The lowest BCUT2D eigenvalue weighted by Gasteiger charge is -2.36. The lowest BCUT2D eigenvalue weighted by molar-refractivity contribution is 0.0743. The molecule has 0 atom stereocenters. The van der Waals surface area contributed by atoms with Gasteiger partial charge in [0.15, 0.2) is 5.11 Å². The fourth-order valence-electron chi connectivity index (χ4n) is 4.72. The molecule has 4 aromatic carbocycles. The van der Waals surface area contributed by atoms with Crippen LogP contribution in [0.4, 0.5) is 11.4 Å². The van der Waals surface area contributed by atoms with E-state index in [0.29, 0.717) is 48.1 Å². The normalized spacial score (nSPS) is 12.9. The number of carbonyl (C=O) groups is 2. The molecule has 1 aliphatic rings. The molecule has 208 valence electrons. The Kier molecular flexibility index (Phi) is 8.82. The highest BCUT2D eigenvalue weighted by Crippen LogP contribution is 2.26. The zero-order chi connectivity index (χ0) is 28.8. The molecule has 0 saturated carbocycles. The summed E-state index contributed by atoms with van der Waals surface area (Å²) in [6.45, 7) is 2.55. The second-order valence-corrected chi connectivity index (χ2v) is 10.4. The van der Waals surface area contributed by atoms with Gasteiger partial charge in [0.2, 0.25) is 0 Å². The van der Waals surface area contributed by atoms with Crippen LogP contribution in [-0.4, -0.2) is 55.1 Å². The number of methoxy groups -OCH3 is 1. The van der Waals surface area contributed by atoms with Crippen molar-refractivity contribution in [2.75, 3.05) is 43.5 Å². The van der Waals surface area contributed by atoms with Gasteiger partial charge in [0.1, 0.15) is 5.75 Å². The summed E-state index contributed by atoms with van der Waals surface area (Å²) >= 11 is 11.5. The lowest BCUT2D eigenvalue weighted by Crippen LogP contribution is -2.48. The Hall–Kier alpha value is -4.40. The molecule has 0 bridgehead atoms. The van der Waals surface area contributed by atoms with Crippen LogP contribution in [0.15, 0.2) is 97.1 Å². The van der Waals surface area contributed by atoms with E-state index in [-0.39, 0.29) is 16.9 Å². The van der Waals surface area contributed by atoms with Crippen LogP contribution >= 0.6 is 23.8 Å². The molecule has 7 nitrogen and oxygen atoms in total. The Morgan fingerprint density at radius 2 is 1.49 bits per heavy atom. The van der Waals surface area contributed by atoms with Crippen molar-refractivity contribution in [3.05, 3.63) is 113 Å². The predicted molar refractivity (Wildman–Crippen MR) is 168 cm³/mol. The number of ether oxygens (including phenoxy) is 1. The minimum absolute atomic E-state index is 0.0914. The summed E-state index contributed by atoms with van der Waals surface area (Å²) in [6.07, 6.45) is 0. The van der Waals surface area contributed by atoms with Gasteiger partial charge in [-0.15, -0.1) is 0 Å². The fourth-order valence-corrected chi connectivity index (χ4v) is 5.11. The van der Waals surface area contributed by atoms with Gasteiger partial charge in [-0.05, 0) is 77.9 Å². The van der Waals surface area contributed by atoms with Gasteiger partial charge >= 0.3 is 0 Å². The lowest BCUT2D eigenvalue weighted by atomic mass is 10.0. The highest BCUT2D eigenvalue weighted by Gasteiger charge is 2.25. The molecule has 0 unspecified atom stereocenters. The van der Waals surface area contributed by atoms with Crippen molar-refractivity contribution < 1.29 is 14.3 Å². The van der Waals surface area contributed by atoms with Crippen LogP contribution < -0.4 is 20.3 Å². The number of amides is 2. The smallest absolute Gasteiger partial charge is 0.257 e. The summed E-state index contributed by atoms with van der Waals surface area (Å²) in [7, 11) is 1.54. The van der Waals surface area contributed by atoms with Gasteiger partial charge in [0, 0.05) is 48.1 Å². The second-order valence-electron chi connectivity index (χ2n) is 9.52. The molecule has 41 heavy (non-hydrogen) atoms. The average Bonchev–Trinajstić information content (AvgIpc) is 3.01. The fraction of sp³-hybridized carbons (Fsp3) is 0.156.